The summed E-state index contributed by atoms with van der Waals surface area (Å²) in [5.41, 5.74) is 11.4. The van der Waals surface area contributed by atoms with Gasteiger partial charge in [-0.2, -0.15) is 0 Å². The first-order chi connectivity index (χ1) is 6.70. The Hall–Kier alpha value is -0.980. The molecule has 76 valence electrons. The van der Waals surface area contributed by atoms with E-state index in [1.165, 1.54) is 11.3 Å². The average Bonchev–Trinajstić information content (AvgIpc) is 2.72. The molecule has 0 saturated heterocycles. The van der Waals surface area contributed by atoms with E-state index in [1.807, 2.05) is 0 Å². The van der Waals surface area contributed by atoms with Crippen LogP contribution in [0, 0.1) is 0 Å². The number of nitrogens with one attached hydrogen (secondary N) is 1. The minimum Gasteiger partial charge on any atom is -0.346 e. The van der Waals surface area contributed by atoms with Gasteiger partial charge in [-0.1, -0.05) is 0 Å². The summed E-state index contributed by atoms with van der Waals surface area (Å²) < 4.78 is 0. The van der Waals surface area contributed by atoms with E-state index < -0.39 is 0 Å². The van der Waals surface area contributed by atoms with E-state index >= 15 is 0 Å². The van der Waals surface area contributed by atoms with Crippen molar-refractivity contribution in [2.24, 2.45) is 11.5 Å². The van der Waals surface area contributed by atoms with Crippen LogP contribution in [0.25, 0.3) is 0 Å². The Labute approximate surface area is 85.5 Å². The molecule has 2 rings (SSSR count). The molecule has 1 aromatic rings. The third-order valence-electron chi connectivity index (χ3n) is 2.12. The molecule has 5 N–H and O–H groups in total. The lowest BCUT2D eigenvalue weighted by atomic mass is 10.4. The molecule has 0 radical (unpaired) electrons. The van der Waals surface area contributed by atoms with Crippen molar-refractivity contribution in [2.75, 3.05) is 0 Å². The van der Waals surface area contributed by atoms with Crippen LogP contribution in [0.5, 0.6) is 0 Å². The zero-order valence-electron chi connectivity index (χ0n) is 7.56. The van der Waals surface area contributed by atoms with Crippen LogP contribution in [0.4, 0.5) is 0 Å². The summed E-state index contributed by atoms with van der Waals surface area (Å²) in [6.45, 7) is 0.376. The summed E-state index contributed by atoms with van der Waals surface area (Å²) in [7, 11) is 0. The molecule has 0 aromatic carbocycles. The van der Waals surface area contributed by atoms with Gasteiger partial charge < -0.3 is 16.8 Å². The first kappa shape index (κ1) is 9.57. The van der Waals surface area contributed by atoms with Crippen molar-refractivity contribution < 1.29 is 4.79 Å². The molecular weight excluding hydrogens is 200 g/mol. The molecule has 1 amide bonds. The van der Waals surface area contributed by atoms with Crippen LogP contribution in [0.2, 0.25) is 0 Å². The number of hydrogen-bond donors (Lipinski definition) is 3. The van der Waals surface area contributed by atoms with Gasteiger partial charge in [0.2, 0.25) is 0 Å². The number of amides is 1. The van der Waals surface area contributed by atoms with E-state index in [4.69, 9.17) is 11.5 Å². The van der Waals surface area contributed by atoms with Crippen molar-refractivity contribution in [1.82, 2.24) is 10.3 Å². The predicted octanol–water partition coefficient (Wildman–Crippen LogP) is -0.569. The van der Waals surface area contributed by atoms with Gasteiger partial charge in [0.25, 0.3) is 5.91 Å². The highest BCUT2D eigenvalue weighted by atomic mass is 32.1. The number of carbonyl (C=O) groups is 1. The summed E-state index contributed by atoms with van der Waals surface area (Å²) in [5.74, 6) is -0.154. The van der Waals surface area contributed by atoms with Crippen LogP contribution < -0.4 is 16.8 Å². The van der Waals surface area contributed by atoms with Crippen LogP contribution in [0.15, 0.2) is 5.38 Å². The standard InChI is InChI=1S/C8H12N4OS/c9-2-7-11-6(3-14-7)8(13)12-5-1-4(5)10/h3-5H,1-2,9-10H2,(H,12,13). The molecule has 1 fully saturated rings. The van der Waals surface area contributed by atoms with Crippen LogP contribution in [-0.2, 0) is 6.54 Å². The summed E-state index contributed by atoms with van der Waals surface area (Å²) >= 11 is 1.40. The van der Waals surface area contributed by atoms with Gasteiger partial charge in [0.05, 0.1) is 0 Å². The lowest BCUT2D eigenvalue weighted by molar-refractivity contribution is 0.0946. The molecule has 2 atom stereocenters. The highest BCUT2D eigenvalue weighted by Gasteiger charge is 2.35. The number of aromatic nitrogens is 1. The van der Waals surface area contributed by atoms with Gasteiger partial charge >= 0.3 is 0 Å². The highest BCUT2D eigenvalue weighted by Crippen LogP contribution is 2.18. The third kappa shape index (κ3) is 1.92. The summed E-state index contributed by atoms with van der Waals surface area (Å²) in [5, 5.41) is 5.28. The number of hydrogen-bond acceptors (Lipinski definition) is 5. The molecule has 14 heavy (non-hydrogen) atoms. The van der Waals surface area contributed by atoms with E-state index in [0.29, 0.717) is 12.2 Å². The quantitative estimate of drug-likeness (QED) is 0.625. The molecular formula is C8H12N4OS. The zero-order valence-corrected chi connectivity index (χ0v) is 8.38. The first-order valence-corrected chi connectivity index (χ1v) is 5.29. The molecule has 6 heteroatoms. The van der Waals surface area contributed by atoms with Gasteiger partial charge in [-0.15, -0.1) is 11.3 Å². The average molecular weight is 212 g/mol. The fourth-order valence-electron chi connectivity index (χ4n) is 1.13. The minimum atomic E-state index is -0.154. The predicted molar refractivity (Wildman–Crippen MR) is 53.9 cm³/mol. The zero-order chi connectivity index (χ0) is 10.1. The fourth-order valence-corrected chi connectivity index (χ4v) is 1.79. The number of nitrogens with zero attached hydrogens (tertiary/aromatic N) is 1. The first-order valence-electron chi connectivity index (χ1n) is 4.41. The Morgan fingerprint density at radius 3 is 3.00 bits per heavy atom. The van der Waals surface area contributed by atoms with Gasteiger partial charge in [0.1, 0.15) is 10.7 Å². The maximum Gasteiger partial charge on any atom is 0.271 e. The molecule has 0 aliphatic heterocycles. The lowest BCUT2D eigenvalue weighted by Gasteiger charge is -1.99. The Balaban J connectivity index is 1.96. The Bertz CT molecular complexity index is 351. The van der Waals surface area contributed by atoms with Crippen molar-refractivity contribution in [3.8, 4) is 0 Å². The second kappa shape index (κ2) is 3.64. The third-order valence-corrected chi connectivity index (χ3v) is 2.99. The van der Waals surface area contributed by atoms with E-state index in [9.17, 15) is 4.79 Å². The lowest BCUT2D eigenvalue weighted by Crippen LogP contribution is -2.29. The van der Waals surface area contributed by atoms with E-state index in [0.717, 1.165) is 11.4 Å². The van der Waals surface area contributed by atoms with Crippen molar-refractivity contribution in [1.29, 1.82) is 0 Å². The fraction of sp³-hybridized carbons (Fsp3) is 0.500. The SMILES string of the molecule is NCc1nc(C(=O)NC2CC2N)cs1. The molecule has 5 nitrogen and oxygen atoms in total. The van der Waals surface area contributed by atoms with Gasteiger partial charge in [-0.05, 0) is 6.42 Å². The molecule has 1 heterocycles. The summed E-state index contributed by atoms with van der Waals surface area (Å²) in [4.78, 5) is 15.6. The molecule has 2 unspecified atom stereocenters. The molecule has 1 aliphatic carbocycles. The normalized spacial score (nSPS) is 24.7. The number of thiazole rings is 1. The van der Waals surface area contributed by atoms with E-state index in [-0.39, 0.29) is 18.0 Å². The highest BCUT2D eigenvalue weighted by molar-refractivity contribution is 7.09. The Morgan fingerprint density at radius 1 is 1.79 bits per heavy atom. The molecule has 0 bridgehead atoms. The summed E-state index contributed by atoms with van der Waals surface area (Å²) in [6.07, 6.45) is 0.861. The smallest absolute Gasteiger partial charge is 0.271 e. The summed E-state index contributed by atoms with van der Waals surface area (Å²) in [6, 6.07) is 0.247. The molecule has 1 aromatic heterocycles. The minimum absolute atomic E-state index is 0.117. The Kier molecular flexibility index (Phi) is 2.49. The monoisotopic (exact) mass is 212 g/mol. The number of nitrogens with two attached hydrogens (primary N) is 2. The number of rotatable bonds is 3. The second-order valence-electron chi connectivity index (χ2n) is 3.31. The second-order valence-corrected chi connectivity index (χ2v) is 4.25. The van der Waals surface area contributed by atoms with Crippen LogP contribution in [0.1, 0.15) is 21.9 Å². The molecule has 1 saturated carbocycles. The maximum atomic E-state index is 11.5. The topological polar surface area (TPSA) is 94.0 Å². The van der Waals surface area contributed by atoms with Crippen molar-refractivity contribution in [3.05, 3.63) is 16.1 Å². The molecule has 1 aliphatic rings. The van der Waals surface area contributed by atoms with Gasteiger partial charge in [-0.3, -0.25) is 4.79 Å². The van der Waals surface area contributed by atoms with Crippen LogP contribution in [-0.4, -0.2) is 23.0 Å². The maximum absolute atomic E-state index is 11.5. The van der Waals surface area contributed by atoms with Crippen LogP contribution in [0.3, 0.4) is 0 Å². The van der Waals surface area contributed by atoms with Gasteiger partial charge in [0, 0.05) is 24.0 Å². The van der Waals surface area contributed by atoms with E-state index in [1.54, 1.807) is 5.38 Å². The Morgan fingerprint density at radius 2 is 2.50 bits per heavy atom. The van der Waals surface area contributed by atoms with Gasteiger partial charge in [-0.25, -0.2) is 4.98 Å². The van der Waals surface area contributed by atoms with Crippen molar-refractivity contribution in [2.45, 2.75) is 25.0 Å². The largest absolute Gasteiger partial charge is 0.346 e. The van der Waals surface area contributed by atoms with Crippen molar-refractivity contribution in [3.63, 3.8) is 0 Å². The number of carbonyl (C=O) groups excluding carboxylic acids is 1. The molecule has 0 spiro atoms. The van der Waals surface area contributed by atoms with Crippen LogP contribution >= 0.6 is 11.3 Å². The van der Waals surface area contributed by atoms with Crippen molar-refractivity contribution >= 4 is 17.2 Å². The van der Waals surface area contributed by atoms with E-state index in [2.05, 4.69) is 10.3 Å². The van der Waals surface area contributed by atoms with Gasteiger partial charge in [0.15, 0.2) is 0 Å².